The SMILES string of the molecule is CCn1nc(C)c(Br)c1CSC(C)CN. The van der Waals surface area contributed by atoms with Crippen LogP contribution in [-0.4, -0.2) is 21.6 Å². The summed E-state index contributed by atoms with van der Waals surface area (Å²) in [6.07, 6.45) is 0. The molecule has 0 spiro atoms. The van der Waals surface area contributed by atoms with Gasteiger partial charge in [0, 0.05) is 24.1 Å². The van der Waals surface area contributed by atoms with Gasteiger partial charge in [0.1, 0.15) is 0 Å². The van der Waals surface area contributed by atoms with Gasteiger partial charge >= 0.3 is 0 Å². The zero-order valence-electron chi connectivity index (χ0n) is 9.46. The highest BCUT2D eigenvalue weighted by Crippen LogP contribution is 2.26. The van der Waals surface area contributed by atoms with E-state index in [1.165, 1.54) is 5.69 Å². The smallest absolute Gasteiger partial charge is 0.0739 e. The number of hydrogen-bond acceptors (Lipinski definition) is 3. The van der Waals surface area contributed by atoms with Crippen LogP contribution in [0.2, 0.25) is 0 Å². The molecule has 0 amide bonds. The van der Waals surface area contributed by atoms with Crippen LogP contribution >= 0.6 is 27.7 Å². The van der Waals surface area contributed by atoms with E-state index in [1.54, 1.807) is 0 Å². The number of thioether (sulfide) groups is 1. The van der Waals surface area contributed by atoms with Crippen LogP contribution in [0.5, 0.6) is 0 Å². The van der Waals surface area contributed by atoms with E-state index in [1.807, 2.05) is 18.7 Å². The number of aromatic nitrogens is 2. The Morgan fingerprint density at radius 3 is 2.80 bits per heavy atom. The van der Waals surface area contributed by atoms with Gasteiger partial charge in [0.15, 0.2) is 0 Å². The predicted molar refractivity (Wildman–Crippen MR) is 70.1 cm³/mol. The van der Waals surface area contributed by atoms with Gasteiger partial charge in [-0.25, -0.2) is 0 Å². The molecule has 1 rings (SSSR count). The van der Waals surface area contributed by atoms with Gasteiger partial charge in [0.25, 0.3) is 0 Å². The van der Waals surface area contributed by atoms with Crippen molar-refractivity contribution in [2.45, 2.75) is 38.3 Å². The fraction of sp³-hybridized carbons (Fsp3) is 0.700. The summed E-state index contributed by atoms with van der Waals surface area (Å²) in [4.78, 5) is 0. The molecule has 0 saturated heterocycles. The lowest BCUT2D eigenvalue weighted by atomic mass is 10.4. The average molecular weight is 292 g/mol. The minimum Gasteiger partial charge on any atom is -0.329 e. The molecule has 1 atom stereocenters. The van der Waals surface area contributed by atoms with Crippen molar-refractivity contribution >= 4 is 27.7 Å². The highest BCUT2D eigenvalue weighted by atomic mass is 79.9. The molecule has 0 aliphatic heterocycles. The lowest BCUT2D eigenvalue weighted by Crippen LogP contribution is -2.13. The average Bonchev–Trinajstić information content (AvgIpc) is 2.52. The van der Waals surface area contributed by atoms with Crippen molar-refractivity contribution < 1.29 is 0 Å². The van der Waals surface area contributed by atoms with Crippen molar-refractivity contribution in [3.63, 3.8) is 0 Å². The number of rotatable bonds is 5. The molecule has 1 heterocycles. The van der Waals surface area contributed by atoms with E-state index < -0.39 is 0 Å². The molecule has 1 aromatic rings. The lowest BCUT2D eigenvalue weighted by Gasteiger charge is -2.09. The number of nitrogens with zero attached hydrogens (tertiary/aromatic N) is 2. The van der Waals surface area contributed by atoms with Crippen LogP contribution in [0.1, 0.15) is 25.2 Å². The summed E-state index contributed by atoms with van der Waals surface area (Å²) in [5, 5.41) is 4.96. The molecule has 0 bridgehead atoms. The molecule has 2 N–H and O–H groups in total. The minimum absolute atomic E-state index is 0.498. The fourth-order valence-electron chi connectivity index (χ4n) is 1.30. The van der Waals surface area contributed by atoms with Gasteiger partial charge in [0.05, 0.1) is 15.9 Å². The van der Waals surface area contributed by atoms with E-state index in [-0.39, 0.29) is 0 Å². The van der Waals surface area contributed by atoms with Crippen LogP contribution in [-0.2, 0) is 12.3 Å². The van der Waals surface area contributed by atoms with Gasteiger partial charge in [-0.15, -0.1) is 0 Å². The molecule has 15 heavy (non-hydrogen) atoms. The Balaban J connectivity index is 2.74. The summed E-state index contributed by atoms with van der Waals surface area (Å²) in [7, 11) is 0. The first-order valence-corrected chi connectivity index (χ1v) is 6.97. The second-order valence-electron chi connectivity index (χ2n) is 3.52. The fourth-order valence-corrected chi connectivity index (χ4v) is 2.78. The zero-order valence-corrected chi connectivity index (χ0v) is 11.9. The Bertz CT molecular complexity index is 325. The molecule has 0 aliphatic carbocycles. The van der Waals surface area contributed by atoms with Crippen LogP contribution in [0.3, 0.4) is 0 Å². The predicted octanol–water partition coefficient (Wildman–Crippen LogP) is 2.55. The van der Waals surface area contributed by atoms with Crippen molar-refractivity contribution in [1.29, 1.82) is 0 Å². The maximum Gasteiger partial charge on any atom is 0.0739 e. The Hall–Kier alpha value is -0.0000000000000000763. The molecule has 5 heteroatoms. The third-order valence-electron chi connectivity index (χ3n) is 2.29. The van der Waals surface area contributed by atoms with E-state index in [0.717, 1.165) is 29.0 Å². The third-order valence-corrected chi connectivity index (χ3v) is 4.52. The van der Waals surface area contributed by atoms with Gasteiger partial charge in [-0.1, -0.05) is 6.92 Å². The van der Waals surface area contributed by atoms with Crippen molar-refractivity contribution in [2.24, 2.45) is 5.73 Å². The van der Waals surface area contributed by atoms with Crippen LogP contribution in [0.25, 0.3) is 0 Å². The van der Waals surface area contributed by atoms with Crippen molar-refractivity contribution in [2.75, 3.05) is 6.54 Å². The second-order valence-corrected chi connectivity index (χ2v) is 5.74. The van der Waals surface area contributed by atoms with Gasteiger partial charge in [0.2, 0.25) is 0 Å². The van der Waals surface area contributed by atoms with E-state index in [0.29, 0.717) is 5.25 Å². The van der Waals surface area contributed by atoms with Gasteiger partial charge in [-0.3, -0.25) is 4.68 Å². The van der Waals surface area contributed by atoms with Crippen molar-refractivity contribution in [3.05, 3.63) is 15.9 Å². The molecule has 0 aromatic carbocycles. The molecular weight excluding hydrogens is 274 g/mol. The number of halogens is 1. The van der Waals surface area contributed by atoms with E-state index in [2.05, 4.69) is 39.6 Å². The summed E-state index contributed by atoms with van der Waals surface area (Å²) in [6.45, 7) is 7.93. The maximum absolute atomic E-state index is 5.60. The highest BCUT2D eigenvalue weighted by Gasteiger charge is 2.12. The monoisotopic (exact) mass is 291 g/mol. The normalized spacial score (nSPS) is 13.1. The summed E-state index contributed by atoms with van der Waals surface area (Å²) in [6, 6.07) is 0. The van der Waals surface area contributed by atoms with Crippen LogP contribution in [0.4, 0.5) is 0 Å². The maximum atomic E-state index is 5.60. The molecule has 0 fully saturated rings. The Morgan fingerprint density at radius 1 is 1.60 bits per heavy atom. The molecule has 86 valence electrons. The Kier molecular flexibility index (Phi) is 5.15. The number of aryl methyl sites for hydroxylation is 2. The zero-order chi connectivity index (χ0) is 11.4. The van der Waals surface area contributed by atoms with E-state index >= 15 is 0 Å². The summed E-state index contributed by atoms with van der Waals surface area (Å²) < 4.78 is 3.19. The third kappa shape index (κ3) is 3.23. The highest BCUT2D eigenvalue weighted by molar-refractivity contribution is 9.10. The molecule has 1 unspecified atom stereocenters. The molecule has 3 nitrogen and oxygen atoms in total. The van der Waals surface area contributed by atoms with Crippen LogP contribution in [0.15, 0.2) is 4.47 Å². The van der Waals surface area contributed by atoms with E-state index in [9.17, 15) is 0 Å². The topological polar surface area (TPSA) is 43.8 Å². The Labute approximate surface area is 104 Å². The Morgan fingerprint density at radius 2 is 2.27 bits per heavy atom. The van der Waals surface area contributed by atoms with Crippen molar-refractivity contribution in [1.82, 2.24) is 9.78 Å². The number of nitrogens with two attached hydrogens (primary N) is 1. The van der Waals surface area contributed by atoms with Crippen LogP contribution in [0, 0.1) is 6.92 Å². The standard InChI is InChI=1S/C10H18BrN3S/c1-4-14-9(6-15-7(2)5-12)10(11)8(3)13-14/h7H,4-6,12H2,1-3H3. The number of hydrogen-bond donors (Lipinski definition) is 1. The largest absolute Gasteiger partial charge is 0.329 e. The molecule has 0 aliphatic rings. The van der Waals surface area contributed by atoms with Gasteiger partial charge in [-0.2, -0.15) is 16.9 Å². The van der Waals surface area contributed by atoms with Crippen LogP contribution < -0.4 is 5.73 Å². The minimum atomic E-state index is 0.498. The first-order valence-electron chi connectivity index (χ1n) is 5.13. The summed E-state index contributed by atoms with van der Waals surface area (Å²) >= 11 is 5.46. The summed E-state index contributed by atoms with van der Waals surface area (Å²) in [5.41, 5.74) is 7.92. The second kappa shape index (κ2) is 5.92. The lowest BCUT2D eigenvalue weighted by molar-refractivity contribution is 0.631. The molecular formula is C10H18BrN3S. The van der Waals surface area contributed by atoms with E-state index in [4.69, 9.17) is 5.73 Å². The van der Waals surface area contributed by atoms with Gasteiger partial charge < -0.3 is 5.73 Å². The quantitative estimate of drug-likeness (QED) is 0.907. The molecule has 0 radical (unpaired) electrons. The van der Waals surface area contributed by atoms with Crippen molar-refractivity contribution in [3.8, 4) is 0 Å². The first-order chi connectivity index (χ1) is 7.10. The summed E-state index contributed by atoms with van der Waals surface area (Å²) in [5.74, 6) is 0.966. The first kappa shape index (κ1) is 13.1. The molecule has 0 saturated carbocycles. The molecule has 1 aromatic heterocycles. The van der Waals surface area contributed by atoms with Gasteiger partial charge in [-0.05, 0) is 29.8 Å².